The second-order valence-electron chi connectivity index (χ2n) is 6.88. The lowest BCUT2D eigenvalue weighted by atomic mass is 10.0. The third-order valence-corrected chi connectivity index (χ3v) is 4.64. The number of aryl methyl sites for hydroxylation is 2. The van der Waals surface area contributed by atoms with Gasteiger partial charge in [0.1, 0.15) is 23.9 Å². The monoisotopic (exact) mass is 374 g/mol. The van der Waals surface area contributed by atoms with Gasteiger partial charge in [0, 0.05) is 6.07 Å². The Kier molecular flexibility index (Phi) is 4.70. The molecule has 0 aliphatic carbocycles. The molecule has 0 aromatic heterocycles. The highest BCUT2D eigenvalue weighted by Crippen LogP contribution is 2.37. The number of carbonyl (C=O) groups excluding carboxylic acids is 1. The molecule has 0 N–H and O–H groups in total. The molecule has 0 spiro atoms. The van der Waals surface area contributed by atoms with Gasteiger partial charge in [-0.15, -0.1) is 0 Å². The minimum absolute atomic E-state index is 0.179. The van der Waals surface area contributed by atoms with Crippen LogP contribution in [0, 0.1) is 19.7 Å². The second-order valence-corrected chi connectivity index (χ2v) is 6.88. The van der Waals surface area contributed by atoms with Crippen molar-refractivity contribution in [2.45, 2.75) is 20.5 Å². The number of ketones is 1. The lowest BCUT2D eigenvalue weighted by Gasteiger charge is -2.09. The predicted octanol–water partition coefficient (Wildman–Crippen LogP) is 5.64. The van der Waals surface area contributed by atoms with Crippen LogP contribution in [0.15, 0.2) is 66.4 Å². The first-order valence-corrected chi connectivity index (χ1v) is 9.02. The summed E-state index contributed by atoms with van der Waals surface area (Å²) in [6.07, 6.45) is 1.62. The number of carbonyl (C=O) groups is 1. The normalized spacial score (nSPS) is 14.1. The standard InChI is InChI=1S/C24H19FO3/c1-15-3-5-18(6-4-15)14-27-20-11-16(2)23-21(13-20)28-22(24(23)26)12-17-7-9-19(25)10-8-17/h3-13H,14H2,1-2H3/b22-12-. The number of hydrogen-bond acceptors (Lipinski definition) is 3. The van der Waals surface area contributed by atoms with Crippen molar-refractivity contribution in [2.24, 2.45) is 0 Å². The van der Waals surface area contributed by atoms with Crippen LogP contribution in [0.3, 0.4) is 0 Å². The van der Waals surface area contributed by atoms with Gasteiger partial charge in [0.15, 0.2) is 5.76 Å². The van der Waals surface area contributed by atoms with E-state index in [1.54, 1.807) is 24.3 Å². The predicted molar refractivity (Wildman–Crippen MR) is 106 cm³/mol. The first-order chi connectivity index (χ1) is 13.5. The van der Waals surface area contributed by atoms with Gasteiger partial charge in [0.2, 0.25) is 5.78 Å². The van der Waals surface area contributed by atoms with Gasteiger partial charge in [0.25, 0.3) is 0 Å². The van der Waals surface area contributed by atoms with Crippen LogP contribution in [0.25, 0.3) is 6.08 Å². The Morgan fingerprint density at radius 3 is 2.43 bits per heavy atom. The topological polar surface area (TPSA) is 35.5 Å². The van der Waals surface area contributed by atoms with Crippen molar-refractivity contribution in [3.63, 3.8) is 0 Å². The zero-order valence-electron chi connectivity index (χ0n) is 15.7. The smallest absolute Gasteiger partial charge is 0.232 e. The fourth-order valence-corrected chi connectivity index (χ4v) is 3.12. The van der Waals surface area contributed by atoms with Gasteiger partial charge in [-0.25, -0.2) is 4.39 Å². The summed E-state index contributed by atoms with van der Waals surface area (Å²) < 4.78 is 24.7. The minimum atomic E-state index is -0.324. The molecule has 4 rings (SSSR count). The minimum Gasteiger partial charge on any atom is -0.489 e. The van der Waals surface area contributed by atoms with Gasteiger partial charge < -0.3 is 9.47 Å². The number of benzene rings is 3. The van der Waals surface area contributed by atoms with Crippen molar-refractivity contribution >= 4 is 11.9 Å². The van der Waals surface area contributed by atoms with E-state index in [2.05, 4.69) is 0 Å². The Hall–Kier alpha value is -3.40. The molecule has 0 bridgehead atoms. The maximum atomic E-state index is 13.1. The Bertz CT molecular complexity index is 1060. The van der Waals surface area contributed by atoms with Crippen molar-refractivity contribution in [3.05, 3.63) is 100 Å². The molecule has 0 atom stereocenters. The number of fused-ring (bicyclic) bond motifs is 1. The molecule has 1 aliphatic rings. The Morgan fingerprint density at radius 1 is 1.00 bits per heavy atom. The molecule has 0 fully saturated rings. The second kappa shape index (κ2) is 7.31. The molecule has 140 valence electrons. The molecular weight excluding hydrogens is 355 g/mol. The first-order valence-electron chi connectivity index (χ1n) is 9.02. The Labute approximate surface area is 163 Å². The molecule has 0 saturated carbocycles. The van der Waals surface area contributed by atoms with Crippen molar-refractivity contribution in [1.82, 2.24) is 0 Å². The van der Waals surface area contributed by atoms with Crippen LogP contribution < -0.4 is 9.47 Å². The summed E-state index contributed by atoms with van der Waals surface area (Å²) in [4.78, 5) is 12.7. The summed E-state index contributed by atoms with van der Waals surface area (Å²) >= 11 is 0. The average Bonchev–Trinajstić information content (AvgIpc) is 2.99. The van der Waals surface area contributed by atoms with Gasteiger partial charge in [-0.2, -0.15) is 0 Å². The largest absolute Gasteiger partial charge is 0.489 e. The highest BCUT2D eigenvalue weighted by Gasteiger charge is 2.30. The van der Waals surface area contributed by atoms with Crippen molar-refractivity contribution in [3.8, 4) is 11.5 Å². The molecule has 3 aromatic rings. The highest BCUT2D eigenvalue weighted by atomic mass is 19.1. The number of halogens is 1. The average molecular weight is 374 g/mol. The van der Waals surface area contributed by atoms with Crippen LogP contribution in [0.5, 0.6) is 11.5 Å². The third kappa shape index (κ3) is 3.67. The van der Waals surface area contributed by atoms with E-state index in [0.29, 0.717) is 29.2 Å². The van der Waals surface area contributed by atoms with E-state index in [1.807, 2.05) is 44.2 Å². The van der Waals surface area contributed by atoms with Crippen molar-refractivity contribution in [2.75, 3.05) is 0 Å². The summed E-state index contributed by atoms with van der Waals surface area (Å²) in [7, 11) is 0. The van der Waals surface area contributed by atoms with Gasteiger partial charge >= 0.3 is 0 Å². The Morgan fingerprint density at radius 2 is 1.71 bits per heavy atom. The number of ether oxygens (including phenoxy) is 2. The zero-order valence-corrected chi connectivity index (χ0v) is 15.7. The maximum absolute atomic E-state index is 13.1. The molecule has 0 radical (unpaired) electrons. The molecule has 28 heavy (non-hydrogen) atoms. The van der Waals surface area contributed by atoms with Crippen LogP contribution >= 0.6 is 0 Å². The lowest BCUT2D eigenvalue weighted by Crippen LogP contribution is -2.00. The van der Waals surface area contributed by atoms with E-state index in [-0.39, 0.29) is 17.4 Å². The summed E-state index contributed by atoms with van der Waals surface area (Å²) in [5, 5.41) is 0. The van der Waals surface area contributed by atoms with E-state index in [0.717, 1.165) is 11.1 Å². The van der Waals surface area contributed by atoms with Crippen LogP contribution in [0.2, 0.25) is 0 Å². The van der Waals surface area contributed by atoms with Crippen molar-refractivity contribution in [1.29, 1.82) is 0 Å². The van der Waals surface area contributed by atoms with E-state index in [1.165, 1.54) is 17.7 Å². The van der Waals surface area contributed by atoms with Gasteiger partial charge in [-0.05, 0) is 54.8 Å². The Balaban J connectivity index is 1.55. The number of hydrogen-bond donors (Lipinski definition) is 0. The summed E-state index contributed by atoms with van der Waals surface area (Å²) in [6.45, 7) is 4.34. The van der Waals surface area contributed by atoms with Gasteiger partial charge in [-0.1, -0.05) is 42.0 Å². The number of rotatable bonds is 4. The molecule has 4 heteroatoms. The fraction of sp³-hybridized carbons (Fsp3) is 0.125. The molecule has 1 heterocycles. The molecule has 0 amide bonds. The molecular formula is C24H19FO3. The molecule has 3 nitrogen and oxygen atoms in total. The summed E-state index contributed by atoms with van der Waals surface area (Å²) in [6, 6.07) is 17.6. The van der Waals surface area contributed by atoms with Crippen LogP contribution in [-0.2, 0) is 6.61 Å². The fourth-order valence-electron chi connectivity index (χ4n) is 3.12. The third-order valence-electron chi connectivity index (χ3n) is 4.64. The van der Waals surface area contributed by atoms with Crippen molar-refractivity contribution < 1.29 is 18.7 Å². The van der Waals surface area contributed by atoms with E-state index >= 15 is 0 Å². The molecule has 0 saturated heterocycles. The first kappa shape index (κ1) is 18.0. The molecule has 1 aliphatic heterocycles. The number of Topliss-reactive ketones (excluding diaryl/α,β-unsaturated/α-hetero) is 1. The number of allylic oxidation sites excluding steroid dienone is 1. The van der Waals surface area contributed by atoms with E-state index < -0.39 is 0 Å². The molecule has 3 aromatic carbocycles. The quantitative estimate of drug-likeness (QED) is 0.555. The van der Waals surface area contributed by atoms with Crippen LogP contribution in [0.4, 0.5) is 4.39 Å². The molecule has 0 unspecified atom stereocenters. The summed E-state index contributed by atoms with van der Waals surface area (Å²) in [5.41, 5.74) is 4.30. The van der Waals surface area contributed by atoms with Gasteiger partial charge in [-0.3, -0.25) is 4.79 Å². The van der Waals surface area contributed by atoms with Gasteiger partial charge in [0.05, 0.1) is 5.56 Å². The van der Waals surface area contributed by atoms with Crippen LogP contribution in [0.1, 0.15) is 32.6 Å². The van der Waals surface area contributed by atoms with E-state index in [4.69, 9.17) is 9.47 Å². The lowest BCUT2D eigenvalue weighted by molar-refractivity contribution is 0.101. The van der Waals surface area contributed by atoms with E-state index in [9.17, 15) is 9.18 Å². The SMILES string of the molecule is Cc1ccc(COc2cc(C)c3c(c2)O/C(=C\c2ccc(F)cc2)C3=O)cc1. The van der Waals surface area contributed by atoms with Crippen LogP contribution in [-0.4, -0.2) is 5.78 Å². The highest BCUT2D eigenvalue weighted by molar-refractivity contribution is 6.15. The zero-order chi connectivity index (χ0) is 19.7. The summed E-state index contributed by atoms with van der Waals surface area (Å²) in [5.74, 6) is 0.850. The maximum Gasteiger partial charge on any atom is 0.232 e.